The lowest BCUT2D eigenvalue weighted by atomic mass is 9.94. The van der Waals surface area contributed by atoms with Gasteiger partial charge in [-0.25, -0.2) is 18.6 Å². The number of hydrogen-bond acceptors (Lipinski definition) is 6. The molecule has 0 bridgehead atoms. The molecule has 4 N–H and O–H groups in total. The van der Waals surface area contributed by atoms with E-state index in [4.69, 9.17) is 0 Å². The van der Waals surface area contributed by atoms with Gasteiger partial charge in [0.2, 0.25) is 15.9 Å². The molecule has 1 fully saturated rings. The summed E-state index contributed by atoms with van der Waals surface area (Å²) < 4.78 is 26.0. The van der Waals surface area contributed by atoms with E-state index in [0.717, 1.165) is 21.8 Å². The highest BCUT2D eigenvalue weighted by atomic mass is 32.2. The van der Waals surface area contributed by atoms with E-state index in [1.807, 2.05) is 30.3 Å². The number of sulfonamides is 1. The van der Waals surface area contributed by atoms with Crippen LogP contribution in [0.3, 0.4) is 0 Å². The molecule has 0 saturated carbocycles. The van der Waals surface area contributed by atoms with Crippen LogP contribution in [0.25, 0.3) is 0 Å². The van der Waals surface area contributed by atoms with Crippen molar-refractivity contribution in [2.24, 2.45) is 5.92 Å². The second-order valence-electron chi connectivity index (χ2n) is 5.67. The van der Waals surface area contributed by atoms with Crippen LogP contribution in [0.15, 0.2) is 46.7 Å². The van der Waals surface area contributed by atoms with Crippen molar-refractivity contribution in [3.8, 4) is 0 Å². The Morgan fingerprint density at radius 2 is 2.00 bits per heavy atom. The van der Waals surface area contributed by atoms with Gasteiger partial charge in [-0.05, 0) is 24.7 Å². The maximum atomic E-state index is 12.5. The third-order valence-electron chi connectivity index (χ3n) is 4.08. The average molecular weight is 380 g/mol. The second kappa shape index (κ2) is 7.63. The van der Waals surface area contributed by atoms with Crippen LogP contribution in [-0.4, -0.2) is 27.9 Å². The number of hydrogen-bond donors (Lipinski definition) is 4. The van der Waals surface area contributed by atoms with Gasteiger partial charge in [0.05, 0.1) is 18.5 Å². The Labute approximate surface area is 150 Å². The van der Waals surface area contributed by atoms with Gasteiger partial charge >= 0.3 is 0 Å². The number of carbonyl (C=O) groups excluding carboxylic acids is 1. The number of amides is 1. The molecule has 2 atom stereocenters. The fraction of sp³-hybridized carbons (Fsp3) is 0.312. The zero-order valence-corrected chi connectivity index (χ0v) is 15.3. The van der Waals surface area contributed by atoms with Gasteiger partial charge in [-0.3, -0.25) is 10.2 Å². The van der Waals surface area contributed by atoms with Gasteiger partial charge in [0.15, 0.2) is 0 Å². The van der Waals surface area contributed by atoms with Crippen LogP contribution in [0.5, 0.6) is 0 Å². The van der Waals surface area contributed by atoms with E-state index in [9.17, 15) is 13.2 Å². The van der Waals surface area contributed by atoms with Gasteiger partial charge in [-0.15, -0.1) is 11.3 Å². The summed E-state index contributed by atoms with van der Waals surface area (Å²) in [6.07, 6.45) is 0. The smallest absolute Gasteiger partial charge is 0.249 e. The quantitative estimate of drug-likeness (QED) is 0.592. The minimum absolute atomic E-state index is 0.0715. The van der Waals surface area contributed by atoms with E-state index < -0.39 is 10.0 Å². The first-order chi connectivity index (χ1) is 12.0. The maximum Gasteiger partial charge on any atom is 0.249 e. The molecule has 2 unspecified atom stereocenters. The van der Waals surface area contributed by atoms with E-state index >= 15 is 0 Å². The molecule has 2 aromatic rings. The largest absolute Gasteiger partial charge is 0.351 e. The molecule has 3 rings (SSSR count). The first-order valence-electron chi connectivity index (χ1n) is 7.84. The Kier molecular flexibility index (Phi) is 5.50. The summed E-state index contributed by atoms with van der Waals surface area (Å²) in [5, 5.41) is 2.90. The van der Waals surface area contributed by atoms with Gasteiger partial charge in [-0.2, -0.15) is 0 Å². The zero-order chi connectivity index (χ0) is 17.9. The fourth-order valence-electron chi connectivity index (χ4n) is 2.72. The zero-order valence-electron chi connectivity index (χ0n) is 13.7. The van der Waals surface area contributed by atoms with Crippen molar-refractivity contribution >= 4 is 27.3 Å². The molecular weight excluding hydrogens is 360 g/mol. The molecule has 1 aromatic carbocycles. The minimum atomic E-state index is -3.44. The summed E-state index contributed by atoms with van der Waals surface area (Å²) in [6.45, 7) is 0.843. The van der Waals surface area contributed by atoms with E-state index in [1.165, 1.54) is 7.05 Å². The lowest BCUT2D eigenvalue weighted by Crippen LogP contribution is -2.34. The molecule has 1 aromatic heterocycles. The third-order valence-corrected chi connectivity index (χ3v) is 7.08. The highest BCUT2D eigenvalue weighted by molar-refractivity contribution is 7.91. The topological polar surface area (TPSA) is 99.3 Å². The van der Waals surface area contributed by atoms with Crippen LogP contribution in [-0.2, 0) is 21.4 Å². The lowest BCUT2D eigenvalue weighted by molar-refractivity contribution is -0.125. The van der Waals surface area contributed by atoms with Crippen LogP contribution < -0.4 is 20.9 Å². The van der Waals surface area contributed by atoms with Crippen molar-refractivity contribution in [1.82, 2.24) is 20.9 Å². The van der Waals surface area contributed by atoms with Crippen molar-refractivity contribution < 1.29 is 13.2 Å². The van der Waals surface area contributed by atoms with Gasteiger partial charge < -0.3 is 5.32 Å². The Balaban J connectivity index is 1.63. The molecule has 9 heteroatoms. The molecule has 1 amide bonds. The monoisotopic (exact) mass is 380 g/mol. The van der Waals surface area contributed by atoms with Crippen LogP contribution in [0.1, 0.15) is 16.5 Å². The molecule has 1 saturated heterocycles. The predicted octanol–water partition coefficient (Wildman–Crippen LogP) is 0.738. The number of carbonyl (C=O) groups is 1. The highest BCUT2D eigenvalue weighted by Crippen LogP contribution is 2.25. The number of benzene rings is 1. The molecule has 7 nitrogen and oxygen atoms in total. The molecular formula is C16H20N4O3S2. The molecule has 1 aliphatic heterocycles. The Morgan fingerprint density at radius 3 is 2.72 bits per heavy atom. The van der Waals surface area contributed by atoms with Crippen LogP contribution in [0.4, 0.5) is 0 Å². The summed E-state index contributed by atoms with van der Waals surface area (Å²) >= 11 is 1.15. The number of hydrazine groups is 1. The normalized spacial score (nSPS) is 20.5. The Bertz CT molecular complexity index is 836. The van der Waals surface area contributed by atoms with Gasteiger partial charge in [-0.1, -0.05) is 30.3 Å². The summed E-state index contributed by atoms with van der Waals surface area (Å²) in [4.78, 5) is 13.3. The Hall–Kier alpha value is -1.78. The molecule has 2 heterocycles. The van der Waals surface area contributed by atoms with Crippen LogP contribution >= 0.6 is 11.3 Å². The molecule has 0 aliphatic carbocycles. The van der Waals surface area contributed by atoms with Gasteiger partial charge in [0, 0.05) is 11.4 Å². The number of rotatable bonds is 6. The molecule has 0 spiro atoms. The van der Waals surface area contributed by atoms with Crippen molar-refractivity contribution in [2.75, 3.05) is 13.6 Å². The summed E-state index contributed by atoms with van der Waals surface area (Å²) in [6, 6.07) is 13.0. The van der Waals surface area contributed by atoms with Gasteiger partial charge in [0.25, 0.3) is 0 Å². The summed E-state index contributed by atoms with van der Waals surface area (Å²) in [5.74, 6) is -0.305. The maximum absolute atomic E-state index is 12.5. The summed E-state index contributed by atoms with van der Waals surface area (Å²) in [7, 11) is -2.07. The van der Waals surface area contributed by atoms with Crippen LogP contribution in [0.2, 0.25) is 0 Å². The molecule has 134 valence electrons. The third kappa shape index (κ3) is 4.07. The van der Waals surface area contributed by atoms with Crippen molar-refractivity contribution in [3.05, 3.63) is 52.9 Å². The van der Waals surface area contributed by atoms with Crippen molar-refractivity contribution in [2.45, 2.75) is 16.8 Å². The first kappa shape index (κ1) is 18.0. The second-order valence-corrected chi connectivity index (χ2v) is 8.95. The fourth-order valence-corrected chi connectivity index (χ4v) is 4.85. The van der Waals surface area contributed by atoms with E-state index in [-0.39, 0.29) is 22.1 Å². The SMILES string of the molecule is CNS(=O)(=O)c1ccc(CNC(=O)C2CNNC2c2ccccc2)s1. The summed E-state index contributed by atoms with van der Waals surface area (Å²) in [5.41, 5.74) is 7.22. The van der Waals surface area contributed by atoms with Gasteiger partial charge in [0.1, 0.15) is 4.21 Å². The highest BCUT2D eigenvalue weighted by Gasteiger charge is 2.33. The average Bonchev–Trinajstić information content (AvgIpc) is 3.30. The molecule has 25 heavy (non-hydrogen) atoms. The van der Waals surface area contributed by atoms with Crippen LogP contribution in [0, 0.1) is 5.92 Å². The first-order valence-corrected chi connectivity index (χ1v) is 10.1. The molecule has 0 radical (unpaired) electrons. The van der Waals surface area contributed by atoms with Crippen molar-refractivity contribution in [1.29, 1.82) is 0 Å². The minimum Gasteiger partial charge on any atom is -0.351 e. The van der Waals surface area contributed by atoms with E-state index in [0.29, 0.717) is 13.1 Å². The Morgan fingerprint density at radius 1 is 1.24 bits per heavy atom. The number of thiophene rings is 1. The standard InChI is InChI=1S/C16H20N4O3S2/c1-17-25(22,23)14-8-7-12(24-14)9-18-16(21)13-10-19-20-15(13)11-5-3-2-4-6-11/h2-8,13,15,17,19-20H,9-10H2,1H3,(H,18,21). The van der Waals surface area contributed by atoms with E-state index in [2.05, 4.69) is 20.9 Å². The number of nitrogens with one attached hydrogen (secondary N) is 4. The predicted molar refractivity (Wildman–Crippen MR) is 96.2 cm³/mol. The molecule has 1 aliphatic rings. The van der Waals surface area contributed by atoms with Crippen molar-refractivity contribution in [3.63, 3.8) is 0 Å². The lowest BCUT2D eigenvalue weighted by Gasteiger charge is -2.18. The van der Waals surface area contributed by atoms with E-state index in [1.54, 1.807) is 12.1 Å².